The zero-order valence-electron chi connectivity index (χ0n) is 15.2. The number of benzene rings is 3. The lowest BCUT2D eigenvalue weighted by Crippen LogP contribution is -2.20. The molecule has 5 heteroatoms. The van der Waals surface area contributed by atoms with Crippen LogP contribution in [0.1, 0.15) is 19.8 Å². The summed E-state index contributed by atoms with van der Waals surface area (Å²) in [7, 11) is 0. The number of nitrogens with one attached hydrogen (secondary N) is 2. The second kappa shape index (κ2) is 8.85. The third kappa shape index (κ3) is 5.07. The molecule has 2 N–H and O–H groups in total. The molecule has 0 aliphatic rings. The second-order valence-corrected chi connectivity index (χ2v) is 6.19. The van der Waals surface area contributed by atoms with Gasteiger partial charge < -0.3 is 15.4 Å². The van der Waals surface area contributed by atoms with Gasteiger partial charge in [-0.15, -0.1) is 0 Å². The summed E-state index contributed by atoms with van der Waals surface area (Å²) in [5.41, 5.74) is 1.26. The molecule has 3 aromatic rings. The summed E-state index contributed by atoms with van der Waals surface area (Å²) < 4.78 is 5.70. The van der Waals surface area contributed by atoms with E-state index < -0.39 is 0 Å². The van der Waals surface area contributed by atoms with Gasteiger partial charge in [0.2, 0.25) is 5.91 Å². The molecule has 3 aromatic carbocycles. The Morgan fingerprint density at radius 1 is 0.852 bits per heavy atom. The minimum Gasteiger partial charge on any atom is -0.483 e. The fraction of sp³-hybridized carbons (Fsp3) is 0.182. The second-order valence-electron chi connectivity index (χ2n) is 6.19. The highest BCUT2D eigenvalue weighted by Gasteiger charge is 2.07. The molecule has 0 radical (unpaired) electrons. The lowest BCUT2D eigenvalue weighted by atomic mass is 10.1. The van der Waals surface area contributed by atoms with Gasteiger partial charge in [0, 0.05) is 23.2 Å². The SMILES string of the molecule is CCCC(=O)Nc1cccc(NC(=O)COc2cccc3ccccc23)c1. The van der Waals surface area contributed by atoms with E-state index in [1.165, 1.54) is 0 Å². The van der Waals surface area contributed by atoms with Crippen molar-refractivity contribution >= 4 is 34.0 Å². The Balaban J connectivity index is 1.60. The minimum atomic E-state index is -0.264. The molecule has 3 rings (SSSR count). The van der Waals surface area contributed by atoms with Gasteiger partial charge in [0.15, 0.2) is 6.61 Å². The lowest BCUT2D eigenvalue weighted by molar-refractivity contribution is -0.118. The number of ether oxygens (including phenoxy) is 1. The van der Waals surface area contributed by atoms with Crippen LogP contribution in [-0.4, -0.2) is 18.4 Å². The average molecular weight is 362 g/mol. The number of rotatable bonds is 7. The van der Waals surface area contributed by atoms with Crippen LogP contribution in [0.3, 0.4) is 0 Å². The Morgan fingerprint density at radius 3 is 2.30 bits per heavy atom. The maximum Gasteiger partial charge on any atom is 0.262 e. The molecule has 0 unspecified atom stereocenters. The van der Waals surface area contributed by atoms with Crippen molar-refractivity contribution in [1.29, 1.82) is 0 Å². The standard InChI is InChI=1S/C22H22N2O3/c1-2-7-21(25)23-17-10-6-11-18(14-17)24-22(26)15-27-20-13-5-9-16-8-3-4-12-19(16)20/h3-6,8-14H,2,7,15H2,1H3,(H,23,25)(H,24,26). The molecule has 0 saturated carbocycles. The normalized spacial score (nSPS) is 10.4. The van der Waals surface area contributed by atoms with Crippen molar-refractivity contribution in [3.05, 3.63) is 66.7 Å². The van der Waals surface area contributed by atoms with Crippen molar-refractivity contribution in [2.45, 2.75) is 19.8 Å². The Morgan fingerprint density at radius 2 is 1.52 bits per heavy atom. The Kier molecular flexibility index (Phi) is 6.05. The average Bonchev–Trinajstić information content (AvgIpc) is 2.67. The minimum absolute atomic E-state index is 0.0414. The highest BCUT2D eigenvalue weighted by atomic mass is 16.5. The van der Waals surface area contributed by atoms with Gasteiger partial charge in [0.25, 0.3) is 5.91 Å². The summed E-state index contributed by atoms with van der Waals surface area (Å²) in [6, 6.07) is 20.7. The van der Waals surface area contributed by atoms with E-state index in [4.69, 9.17) is 4.74 Å². The summed E-state index contributed by atoms with van der Waals surface area (Å²) in [6.07, 6.45) is 1.25. The van der Waals surface area contributed by atoms with Gasteiger partial charge in [0.1, 0.15) is 5.75 Å². The largest absolute Gasteiger partial charge is 0.483 e. The van der Waals surface area contributed by atoms with E-state index in [9.17, 15) is 9.59 Å². The molecule has 0 saturated heterocycles. The molecule has 0 spiro atoms. The van der Waals surface area contributed by atoms with Gasteiger partial charge in [-0.1, -0.05) is 49.4 Å². The van der Waals surface area contributed by atoms with Gasteiger partial charge >= 0.3 is 0 Å². The number of carbonyl (C=O) groups excluding carboxylic acids is 2. The quantitative estimate of drug-likeness (QED) is 0.646. The number of fused-ring (bicyclic) bond motifs is 1. The maximum absolute atomic E-state index is 12.2. The van der Waals surface area contributed by atoms with E-state index in [1.807, 2.05) is 49.4 Å². The van der Waals surface area contributed by atoms with Crippen molar-refractivity contribution in [3.8, 4) is 5.75 Å². The maximum atomic E-state index is 12.2. The zero-order valence-corrected chi connectivity index (χ0v) is 15.2. The summed E-state index contributed by atoms with van der Waals surface area (Å²) in [6.45, 7) is 1.85. The van der Waals surface area contributed by atoms with Crippen LogP contribution in [0.25, 0.3) is 10.8 Å². The topological polar surface area (TPSA) is 67.4 Å². The smallest absolute Gasteiger partial charge is 0.262 e. The van der Waals surface area contributed by atoms with E-state index >= 15 is 0 Å². The van der Waals surface area contributed by atoms with Gasteiger partial charge in [-0.05, 0) is 36.1 Å². The van der Waals surface area contributed by atoms with E-state index in [-0.39, 0.29) is 18.4 Å². The number of hydrogen-bond acceptors (Lipinski definition) is 3. The first-order chi connectivity index (χ1) is 13.2. The molecule has 0 aliphatic heterocycles. The summed E-state index contributed by atoms with van der Waals surface area (Å²) in [5, 5.41) is 7.63. The summed E-state index contributed by atoms with van der Waals surface area (Å²) in [5.74, 6) is 0.365. The van der Waals surface area contributed by atoms with Crippen molar-refractivity contribution < 1.29 is 14.3 Å². The number of anilines is 2. The van der Waals surface area contributed by atoms with Gasteiger partial charge in [0.05, 0.1) is 0 Å². The molecule has 0 aliphatic carbocycles. The van der Waals surface area contributed by atoms with Gasteiger partial charge in [-0.2, -0.15) is 0 Å². The van der Waals surface area contributed by atoms with Crippen molar-refractivity contribution in [3.63, 3.8) is 0 Å². The van der Waals surface area contributed by atoms with Crippen LogP contribution in [0.5, 0.6) is 5.75 Å². The van der Waals surface area contributed by atoms with Crippen molar-refractivity contribution in [2.75, 3.05) is 17.2 Å². The lowest BCUT2D eigenvalue weighted by Gasteiger charge is -2.11. The predicted octanol–water partition coefficient (Wildman–Crippen LogP) is 4.60. The predicted molar refractivity (Wildman–Crippen MR) is 108 cm³/mol. The van der Waals surface area contributed by atoms with Crippen molar-refractivity contribution in [1.82, 2.24) is 0 Å². The van der Waals surface area contributed by atoms with Crippen LogP contribution < -0.4 is 15.4 Å². The zero-order chi connectivity index (χ0) is 19.1. The summed E-state index contributed by atoms with van der Waals surface area (Å²) >= 11 is 0. The molecular weight excluding hydrogens is 340 g/mol. The molecule has 138 valence electrons. The van der Waals surface area contributed by atoms with Crippen LogP contribution >= 0.6 is 0 Å². The van der Waals surface area contributed by atoms with E-state index in [2.05, 4.69) is 10.6 Å². The molecule has 2 amide bonds. The molecule has 0 heterocycles. The van der Waals surface area contributed by atoms with E-state index in [0.717, 1.165) is 17.2 Å². The van der Waals surface area contributed by atoms with Crippen molar-refractivity contribution in [2.24, 2.45) is 0 Å². The Labute approximate surface area is 158 Å². The first kappa shape index (κ1) is 18.5. The first-order valence-electron chi connectivity index (χ1n) is 8.96. The molecule has 27 heavy (non-hydrogen) atoms. The van der Waals surface area contributed by atoms with Gasteiger partial charge in [-0.3, -0.25) is 9.59 Å². The van der Waals surface area contributed by atoms with Crippen LogP contribution in [0, 0.1) is 0 Å². The van der Waals surface area contributed by atoms with Gasteiger partial charge in [-0.25, -0.2) is 0 Å². The molecule has 0 fully saturated rings. The fourth-order valence-electron chi connectivity index (χ4n) is 2.79. The molecule has 0 aromatic heterocycles. The van der Waals surface area contributed by atoms with E-state index in [0.29, 0.717) is 23.5 Å². The Hall–Kier alpha value is -3.34. The van der Waals surface area contributed by atoms with Crippen LogP contribution in [0.2, 0.25) is 0 Å². The highest BCUT2D eigenvalue weighted by Crippen LogP contribution is 2.25. The van der Waals surface area contributed by atoms with Crippen LogP contribution in [0.4, 0.5) is 11.4 Å². The number of amides is 2. The summed E-state index contributed by atoms with van der Waals surface area (Å²) in [4.78, 5) is 23.9. The number of hydrogen-bond donors (Lipinski definition) is 2. The molecule has 5 nitrogen and oxygen atoms in total. The first-order valence-corrected chi connectivity index (χ1v) is 8.96. The van der Waals surface area contributed by atoms with E-state index in [1.54, 1.807) is 24.3 Å². The molecule has 0 bridgehead atoms. The highest BCUT2D eigenvalue weighted by molar-refractivity contribution is 5.95. The van der Waals surface area contributed by atoms with Crippen LogP contribution in [-0.2, 0) is 9.59 Å². The Bertz CT molecular complexity index is 948. The monoisotopic (exact) mass is 362 g/mol. The van der Waals surface area contributed by atoms with Crippen LogP contribution in [0.15, 0.2) is 66.7 Å². The third-order valence-electron chi connectivity index (χ3n) is 4.02. The fourth-order valence-corrected chi connectivity index (χ4v) is 2.79. The number of carbonyl (C=O) groups is 2. The third-order valence-corrected chi connectivity index (χ3v) is 4.02. The molecule has 0 atom stereocenters. The molecular formula is C22H22N2O3.